The minimum atomic E-state index is 0.667. The standard InChI is InChI=1S/C16H20N2/c1-14-7-9-16(10-8-14)18(12-11-17)13-15-5-3-2-4-6-15/h2-10H,11-13,17H2,1H3. The summed E-state index contributed by atoms with van der Waals surface area (Å²) in [6.07, 6.45) is 0. The third-order valence-electron chi connectivity index (χ3n) is 3.01. The number of hydrogen-bond donors (Lipinski definition) is 1. The van der Waals surface area contributed by atoms with E-state index in [1.807, 2.05) is 6.07 Å². The van der Waals surface area contributed by atoms with Gasteiger partial charge in [-0.15, -0.1) is 0 Å². The van der Waals surface area contributed by atoms with Crippen LogP contribution in [0.4, 0.5) is 5.69 Å². The lowest BCUT2D eigenvalue weighted by Crippen LogP contribution is -2.28. The van der Waals surface area contributed by atoms with Crippen molar-refractivity contribution >= 4 is 5.69 Å². The molecule has 0 unspecified atom stereocenters. The topological polar surface area (TPSA) is 29.3 Å². The Hall–Kier alpha value is -1.80. The first-order valence-corrected chi connectivity index (χ1v) is 6.35. The van der Waals surface area contributed by atoms with Crippen molar-refractivity contribution in [1.29, 1.82) is 0 Å². The molecule has 0 aliphatic heterocycles. The van der Waals surface area contributed by atoms with Gasteiger partial charge in [0.1, 0.15) is 0 Å². The fraction of sp³-hybridized carbons (Fsp3) is 0.250. The molecule has 0 bridgehead atoms. The second kappa shape index (κ2) is 6.22. The summed E-state index contributed by atoms with van der Waals surface area (Å²) in [6.45, 7) is 4.55. The number of benzene rings is 2. The Bertz CT molecular complexity index is 462. The number of aryl methyl sites for hydroxylation is 1. The molecule has 2 rings (SSSR count). The quantitative estimate of drug-likeness (QED) is 0.870. The van der Waals surface area contributed by atoms with Crippen molar-refractivity contribution in [2.75, 3.05) is 18.0 Å². The Kier molecular flexibility index (Phi) is 4.37. The minimum Gasteiger partial charge on any atom is -0.366 e. The van der Waals surface area contributed by atoms with Gasteiger partial charge >= 0.3 is 0 Å². The molecule has 0 atom stereocenters. The first-order valence-electron chi connectivity index (χ1n) is 6.35. The van der Waals surface area contributed by atoms with Crippen LogP contribution in [-0.2, 0) is 6.54 Å². The molecule has 0 aliphatic rings. The Labute approximate surface area is 109 Å². The molecule has 0 heterocycles. The van der Waals surface area contributed by atoms with Crippen LogP contribution in [0.5, 0.6) is 0 Å². The average Bonchev–Trinajstić information content (AvgIpc) is 2.40. The van der Waals surface area contributed by atoms with E-state index in [1.165, 1.54) is 16.8 Å². The third-order valence-corrected chi connectivity index (χ3v) is 3.01. The highest BCUT2D eigenvalue weighted by atomic mass is 15.1. The van der Waals surface area contributed by atoms with Crippen LogP contribution in [0.2, 0.25) is 0 Å². The predicted molar refractivity (Wildman–Crippen MR) is 77.7 cm³/mol. The molecular weight excluding hydrogens is 220 g/mol. The summed E-state index contributed by atoms with van der Waals surface area (Å²) in [5.41, 5.74) is 9.54. The van der Waals surface area contributed by atoms with Crippen molar-refractivity contribution in [3.05, 3.63) is 65.7 Å². The van der Waals surface area contributed by atoms with Crippen LogP contribution >= 0.6 is 0 Å². The zero-order valence-electron chi connectivity index (χ0n) is 10.8. The van der Waals surface area contributed by atoms with E-state index in [4.69, 9.17) is 5.73 Å². The first-order chi connectivity index (χ1) is 8.79. The summed E-state index contributed by atoms with van der Waals surface area (Å²) in [5.74, 6) is 0. The van der Waals surface area contributed by atoms with Gasteiger partial charge in [-0.2, -0.15) is 0 Å². The lowest BCUT2D eigenvalue weighted by Gasteiger charge is -2.24. The number of hydrogen-bond acceptors (Lipinski definition) is 2. The fourth-order valence-corrected chi connectivity index (χ4v) is 2.01. The van der Waals surface area contributed by atoms with Gasteiger partial charge in [0.2, 0.25) is 0 Å². The molecule has 0 radical (unpaired) electrons. The molecule has 0 aliphatic carbocycles. The van der Waals surface area contributed by atoms with E-state index in [0.29, 0.717) is 6.54 Å². The summed E-state index contributed by atoms with van der Waals surface area (Å²) in [7, 11) is 0. The Morgan fingerprint density at radius 2 is 1.61 bits per heavy atom. The Morgan fingerprint density at radius 1 is 0.944 bits per heavy atom. The maximum Gasteiger partial charge on any atom is 0.0430 e. The third kappa shape index (κ3) is 3.34. The summed E-state index contributed by atoms with van der Waals surface area (Å²) in [4.78, 5) is 2.31. The molecule has 94 valence electrons. The van der Waals surface area contributed by atoms with Crippen molar-refractivity contribution in [1.82, 2.24) is 0 Å². The number of anilines is 1. The molecule has 0 saturated heterocycles. The van der Waals surface area contributed by atoms with E-state index >= 15 is 0 Å². The van der Waals surface area contributed by atoms with Crippen LogP contribution in [0.3, 0.4) is 0 Å². The molecule has 2 heteroatoms. The summed E-state index contributed by atoms with van der Waals surface area (Å²) < 4.78 is 0. The molecule has 2 N–H and O–H groups in total. The van der Waals surface area contributed by atoms with Crippen molar-refractivity contribution in [2.24, 2.45) is 5.73 Å². The van der Waals surface area contributed by atoms with Gasteiger partial charge in [-0.1, -0.05) is 48.0 Å². The van der Waals surface area contributed by atoms with Gasteiger partial charge in [-0.25, -0.2) is 0 Å². The summed E-state index contributed by atoms with van der Waals surface area (Å²) in [6, 6.07) is 19.1. The number of nitrogens with two attached hydrogens (primary N) is 1. The maximum absolute atomic E-state index is 5.71. The zero-order chi connectivity index (χ0) is 12.8. The lowest BCUT2D eigenvalue weighted by molar-refractivity contribution is 0.790. The van der Waals surface area contributed by atoms with Crippen molar-refractivity contribution in [3.8, 4) is 0 Å². The molecule has 0 amide bonds. The van der Waals surface area contributed by atoms with Gasteiger partial charge in [-0.05, 0) is 24.6 Å². The SMILES string of the molecule is Cc1ccc(N(CCN)Cc2ccccc2)cc1. The monoisotopic (exact) mass is 240 g/mol. The van der Waals surface area contributed by atoms with Crippen LogP contribution in [0.25, 0.3) is 0 Å². The highest BCUT2D eigenvalue weighted by Crippen LogP contribution is 2.17. The van der Waals surface area contributed by atoms with Gasteiger partial charge in [-0.3, -0.25) is 0 Å². The van der Waals surface area contributed by atoms with E-state index in [-0.39, 0.29) is 0 Å². The fourth-order valence-electron chi connectivity index (χ4n) is 2.01. The lowest BCUT2D eigenvalue weighted by atomic mass is 10.1. The van der Waals surface area contributed by atoms with E-state index in [1.54, 1.807) is 0 Å². The van der Waals surface area contributed by atoms with E-state index in [9.17, 15) is 0 Å². The Balaban J connectivity index is 2.15. The molecule has 2 aromatic rings. The normalized spacial score (nSPS) is 10.3. The maximum atomic E-state index is 5.71. The highest BCUT2D eigenvalue weighted by molar-refractivity contribution is 5.48. The zero-order valence-corrected chi connectivity index (χ0v) is 10.8. The molecule has 0 aromatic heterocycles. The second-order valence-electron chi connectivity index (χ2n) is 4.53. The first kappa shape index (κ1) is 12.7. The van der Waals surface area contributed by atoms with Crippen LogP contribution in [0.15, 0.2) is 54.6 Å². The van der Waals surface area contributed by atoms with Crippen LogP contribution < -0.4 is 10.6 Å². The highest BCUT2D eigenvalue weighted by Gasteiger charge is 2.05. The summed E-state index contributed by atoms with van der Waals surface area (Å²) >= 11 is 0. The predicted octanol–water partition coefficient (Wildman–Crippen LogP) is 2.96. The van der Waals surface area contributed by atoms with Gasteiger partial charge in [0.05, 0.1) is 0 Å². The van der Waals surface area contributed by atoms with Crippen LogP contribution in [0.1, 0.15) is 11.1 Å². The van der Waals surface area contributed by atoms with Gasteiger partial charge in [0, 0.05) is 25.3 Å². The molecule has 2 aromatic carbocycles. The summed E-state index contributed by atoms with van der Waals surface area (Å²) in [5, 5.41) is 0. The van der Waals surface area contributed by atoms with E-state index < -0.39 is 0 Å². The second-order valence-corrected chi connectivity index (χ2v) is 4.53. The molecule has 18 heavy (non-hydrogen) atoms. The number of nitrogens with zero attached hydrogens (tertiary/aromatic N) is 1. The Morgan fingerprint density at radius 3 is 2.22 bits per heavy atom. The smallest absolute Gasteiger partial charge is 0.0430 e. The largest absolute Gasteiger partial charge is 0.366 e. The van der Waals surface area contributed by atoms with Crippen molar-refractivity contribution < 1.29 is 0 Å². The molecule has 0 saturated carbocycles. The minimum absolute atomic E-state index is 0.667. The van der Waals surface area contributed by atoms with Crippen molar-refractivity contribution in [2.45, 2.75) is 13.5 Å². The molecule has 2 nitrogen and oxygen atoms in total. The van der Waals surface area contributed by atoms with E-state index in [0.717, 1.165) is 13.1 Å². The number of rotatable bonds is 5. The van der Waals surface area contributed by atoms with Gasteiger partial charge < -0.3 is 10.6 Å². The van der Waals surface area contributed by atoms with Gasteiger partial charge in [0.15, 0.2) is 0 Å². The molecule has 0 fully saturated rings. The van der Waals surface area contributed by atoms with Crippen LogP contribution in [0, 0.1) is 6.92 Å². The average molecular weight is 240 g/mol. The van der Waals surface area contributed by atoms with Crippen molar-refractivity contribution in [3.63, 3.8) is 0 Å². The van der Waals surface area contributed by atoms with Crippen LogP contribution in [-0.4, -0.2) is 13.1 Å². The van der Waals surface area contributed by atoms with Gasteiger partial charge in [0.25, 0.3) is 0 Å². The molecular formula is C16H20N2. The molecule has 0 spiro atoms. The van der Waals surface area contributed by atoms with E-state index in [2.05, 4.69) is 60.4 Å².